The molecule has 1 aliphatic carbocycles. The highest BCUT2D eigenvalue weighted by Crippen LogP contribution is 2.41. The first-order valence-electron chi connectivity index (χ1n) is 8.49. The molecular formula is C19H23N3O3. The van der Waals surface area contributed by atoms with E-state index in [0.717, 1.165) is 18.4 Å². The van der Waals surface area contributed by atoms with Crippen molar-refractivity contribution in [2.24, 2.45) is 11.8 Å². The third kappa shape index (κ3) is 3.79. The average molecular weight is 341 g/mol. The number of carbonyl (C=O) groups excluding carboxylic acids is 1. The van der Waals surface area contributed by atoms with Crippen molar-refractivity contribution in [3.8, 4) is 5.88 Å². The summed E-state index contributed by atoms with van der Waals surface area (Å²) in [6, 6.07) is 7.27. The Hall–Kier alpha value is -2.47. The molecule has 25 heavy (non-hydrogen) atoms. The molecule has 2 aromatic rings. The summed E-state index contributed by atoms with van der Waals surface area (Å²) < 4.78 is 5.03. The molecule has 0 radical (unpaired) electrons. The Morgan fingerprint density at radius 2 is 2.00 bits per heavy atom. The molecule has 2 aromatic heterocycles. The zero-order chi connectivity index (χ0) is 17.8. The number of nitrogens with one attached hydrogen (secondary N) is 1. The van der Waals surface area contributed by atoms with Gasteiger partial charge in [0.15, 0.2) is 0 Å². The van der Waals surface area contributed by atoms with E-state index in [9.17, 15) is 9.90 Å². The van der Waals surface area contributed by atoms with Gasteiger partial charge in [0.05, 0.1) is 31.0 Å². The maximum absolute atomic E-state index is 12.9. The largest absolute Gasteiger partial charge is 0.481 e. The zero-order valence-electron chi connectivity index (χ0n) is 14.4. The number of carbonyl (C=O) groups is 1. The summed E-state index contributed by atoms with van der Waals surface area (Å²) in [5, 5.41) is 13.6. The first kappa shape index (κ1) is 17.4. The molecule has 2 heterocycles. The molecule has 4 atom stereocenters. The van der Waals surface area contributed by atoms with Gasteiger partial charge in [-0.3, -0.25) is 9.78 Å². The summed E-state index contributed by atoms with van der Waals surface area (Å²) in [6.45, 7) is 1.99. The van der Waals surface area contributed by atoms with Crippen LogP contribution < -0.4 is 10.1 Å². The predicted octanol–water partition coefficient (Wildman–Crippen LogP) is 2.61. The topological polar surface area (TPSA) is 84.3 Å². The fourth-order valence-corrected chi connectivity index (χ4v) is 3.51. The molecule has 0 spiro atoms. The van der Waals surface area contributed by atoms with Gasteiger partial charge in [-0.2, -0.15) is 0 Å². The molecular weight excluding hydrogens is 318 g/mol. The predicted molar refractivity (Wildman–Crippen MR) is 94.3 cm³/mol. The molecule has 0 aliphatic heterocycles. The zero-order valence-corrected chi connectivity index (χ0v) is 14.4. The Morgan fingerprint density at radius 1 is 1.24 bits per heavy atom. The Bertz CT molecular complexity index is 706. The molecule has 132 valence electrons. The van der Waals surface area contributed by atoms with E-state index < -0.39 is 12.0 Å². The first-order valence-corrected chi connectivity index (χ1v) is 8.49. The van der Waals surface area contributed by atoms with Gasteiger partial charge in [0.2, 0.25) is 11.8 Å². The van der Waals surface area contributed by atoms with Gasteiger partial charge < -0.3 is 15.2 Å². The summed E-state index contributed by atoms with van der Waals surface area (Å²) >= 11 is 0. The number of ether oxygens (including phenoxy) is 1. The maximum atomic E-state index is 12.9. The fourth-order valence-electron chi connectivity index (χ4n) is 3.51. The van der Waals surface area contributed by atoms with Crippen molar-refractivity contribution in [2.75, 3.05) is 12.4 Å². The van der Waals surface area contributed by atoms with Crippen LogP contribution in [0, 0.1) is 11.8 Å². The lowest BCUT2D eigenvalue weighted by molar-refractivity contribution is -0.127. The normalized spacial score (nSPS) is 26.0. The van der Waals surface area contributed by atoms with E-state index in [0.29, 0.717) is 11.6 Å². The standard InChI is InChI=1S/C19H23N3O3/c1-12-3-5-15(13-7-9-20-10-8-13)17(18(12)23)19(24)22-14-4-6-16(25-2)21-11-14/h4,6-12,15,17-18,23H,3,5H2,1-2H3,(H,22,24). The summed E-state index contributed by atoms with van der Waals surface area (Å²) in [5.74, 6) is -0.150. The van der Waals surface area contributed by atoms with Gasteiger partial charge in [-0.25, -0.2) is 4.98 Å². The van der Waals surface area contributed by atoms with Crippen molar-refractivity contribution in [1.29, 1.82) is 0 Å². The molecule has 6 nitrogen and oxygen atoms in total. The lowest BCUT2D eigenvalue weighted by Gasteiger charge is -2.38. The molecule has 0 bridgehead atoms. The number of amides is 1. The maximum Gasteiger partial charge on any atom is 0.230 e. The second-order valence-corrected chi connectivity index (χ2v) is 6.54. The van der Waals surface area contributed by atoms with Crippen molar-refractivity contribution in [3.05, 3.63) is 48.4 Å². The van der Waals surface area contributed by atoms with Crippen LogP contribution >= 0.6 is 0 Å². The van der Waals surface area contributed by atoms with E-state index in [1.54, 1.807) is 37.8 Å². The van der Waals surface area contributed by atoms with Crippen LogP contribution in [0.4, 0.5) is 5.69 Å². The van der Waals surface area contributed by atoms with Gasteiger partial charge in [0.25, 0.3) is 0 Å². The highest BCUT2D eigenvalue weighted by atomic mass is 16.5. The van der Waals surface area contributed by atoms with Crippen molar-refractivity contribution < 1.29 is 14.6 Å². The minimum absolute atomic E-state index is 0.0274. The minimum Gasteiger partial charge on any atom is -0.481 e. The molecule has 1 aliphatic rings. The Balaban J connectivity index is 1.82. The Labute approximate surface area is 147 Å². The van der Waals surface area contributed by atoms with Crippen molar-refractivity contribution in [2.45, 2.75) is 31.8 Å². The fraction of sp³-hybridized carbons (Fsp3) is 0.421. The van der Waals surface area contributed by atoms with Crippen LogP contribution in [0.3, 0.4) is 0 Å². The molecule has 2 N–H and O–H groups in total. The van der Waals surface area contributed by atoms with Gasteiger partial charge in [-0.15, -0.1) is 0 Å². The van der Waals surface area contributed by atoms with Crippen LogP contribution in [0.2, 0.25) is 0 Å². The number of hydrogen-bond donors (Lipinski definition) is 2. The second-order valence-electron chi connectivity index (χ2n) is 6.54. The van der Waals surface area contributed by atoms with Gasteiger partial charge in [0, 0.05) is 18.5 Å². The summed E-state index contributed by atoms with van der Waals surface area (Å²) in [5.41, 5.74) is 1.62. The van der Waals surface area contributed by atoms with Crippen molar-refractivity contribution in [3.63, 3.8) is 0 Å². The molecule has 0 aromatic carbocycles. The molecule has 0 saturated heterocycles. The number of hydrogen-bond acceptors (Lipinski definition) is 5. The molecule has 6 heteroatoms. The number of methoxy groups -OCH3 is 1. The van der Waals surface area contributed by atoms with Crippen LogP contribution in [0.15, 0.2) is 42.9 Å². The summed E-state index contributed by atoms with van der Waals surface area (Å²) in [4.78, 5) is 21.1. The number of anilines is 1. The number of pyridine rings is 2. The van der Waals surface area contributed by atoms with E-state index in [4.69, 9.17) is 4.74 Å². The number of aliphatic hydroxyl groups excluding tert-OH is 1. The number of nitrogens with zero attached hydrogens (tertiary/aromatic N) is 2. The quantitative estimate of drug-likeness (QED) is 0.893. The van der Waals surface area contributed by atoms with Crippen LogP contribution in [-0.4, -0.2) is 34.2 Å². The Kier molecular flexibility index (Phi) is 5.28. The van der Waals surface area contributed by atoms with E-state index in [1.165, 1.54) is 0 Å². The van der Waals surface area contributed by atoms with E-state index in [2.05, 4.69) is 15.3 Å². The van der Waals surface area contributed by atoms with E-state index in [1.807, 2.05) is 19.1 Å². The van der Waals surface area contributed by atoms with Crippen molar-refractivity contribution >= 4 is 11.6 Å². The first-order chi connectivity index (χ1) is 12.1. The highest BCUT2D eigenvalue weighted by molar-refractivity contribution is 5.93. The number of rotatable bonds is 4. The summed E-state index contributed by atoms with van der Waals surface area (Å²) in [7, 11) is 1.54. The van der Waals surface area contributed by atoms with Crippen LogP contribution in [0.1, 0.15) is 31.2 Å². The van der Waals surface area contributed by atoms with Gasteiger partial charge in [0.1, 0.15) is 0 Å². The second kappa shape index (κ2) is 7.61. The van der Waals surface area contributed by atoms with Gasteiger partial charge in [-0.05, 0) is 48.4 Å². The molecule has 1 saturated carbocycles. The number of aromatic nitrogens is 2. The SMILES string of the molecule is COc1ccc(NC(=O)C2C(c3ccncc3)CCC(C)C2O)cn1. The highest BCUT2D eigenvalue weighted by Gasteiger charge is 2.41. The summed E-state index contributed by atoms with van der Waals surface area (Å²) in [6.07, 6.45) is 6.07. The lowest BCUT2D eigenvalue weighted by atomic mass is 9.69. The van der Waals surface area contributed by atoms with Crippen LogP contribution in [0.5, 0.6) is 5.88 Å². The molecule has 3 rings (SSSR count). The van der Waals surface area contributed by atoms with Crippen molar-refractivity contribution in [1.82, 2.24) is 9.97 Å². The number of aliphatic hydroxyl groups is 1. The monoisotopic (exact) mass is 341 g/mol. The molecule has 1 amide bonds. The third-order valence-electron chi connectivity index (χ3n) is 4.97. The smallest absolute Gasteiger partial charge is 0.230 e. The van der Waals surface area contributed by atoms with Crippen LogP contribution in [0.25, 0.3) is 0 Å². The molecule has 1 fully saturated rings. The third-order valence-corrected chi connectivity index (χ3v) is 4.97. The van der Waals surface area contributed by atoms with Gasteiger partial charge >= 0.3 is 0 Å². The van der Waals surface area contributed by atoms with Crippen LogP contribution in [-0.2, 0) is 4.79 Å². The van der Waals surface area contributed by atoms with Gasteiger partial charge in [-0.1, -0.05) is 6.92 Å². The Morgan fingerprint density at radius 3 is 2.64 bits per heavy atom. The van der Waals surface area contributed by atoms with E-state index >= 15 is 0 Å². The average Bonchev–Trinajstić information content (AvgIpc) is 2.65. The minimum atomic E-state index is -0.682. The lowest BCUT2D eigenvalue weighted by Crippen LogP contribution is -2.44. The molecule has 4 unspecified atom stereocenters. The van der Waals surface area contributed by atoms with E-state index in [-0.39, 0.29) is 17.7 Å².